The van der Waals surface area contributed by atoms with Gasteiger partial charge in [-0.15, -0.1) is 0 Å². The van der Waals surface area contributed by atoms with Crippen LogP contribution in [0.3, 0.4) is 0 Å². The van der Waals surface area contributed by atoms with Crippen LogP contribution in [-0.2, 0) is 16.0 Å². The van der Waals surface area contributed by atoms with Gasteiger partial charge in [0.2, 0.25) is 11.8 Å². The van der Waals surface area contributed by atoms with Gasteiger partial charge in [-0.25, -0.2) is 0 Å². The lowest BCUT2D eigenvalue weighted by molar-refractivity contribution is -0.134. The lowest BCUT2D eigenvalue weighted by atomic mass is 10.0. The van der Waals surface area contributed by atoms with Crippen molar-refractivity contribution in [2.75, 3.05) is 32.8 Å². The maximum Gasteiger partial charge on any atom is 0.227 e. The van der Waals surface area contributed by atoms with Crippen LogP contribution in [0.5, 0.6) is 11.5 Å². The molecule has 1 unspecified atom stereocenters. The Morgan fingerprint density at radius 2 is 2.07 bits per heavy atom. The maximum absolute atomic E-state index is 12.9. The molecule has 8 heteroatoms. The van der Waals surface area contributed by atoms with E-state index in [1.165, 1.54) is 0 Å². The van der Waals surface area contributed by atoms with Gasteiger partial charge in [-0.1, -0.05) is 11.6 Å². The normalized spacial score (nSPS) is 18.9. The van der Waals surface area contributed by atoms with E-state index in [1.807, 2.05) is 11.0 Å². The zero-order chi connectivity index (χ0) is 19.2. The molecule has 1 fully saturated rings. The summed E-state index contributed by atoms with van der Waals surface area (Å²) in [6.45, 7) is 2.43. The van der Waals surface area contributed by atoms with Gasteiger partial charge in [0.15, 0.2) is 11.5 Å². The molecule has 0 bridgehead atoms. The summed E-state index contributed by atoms with van der Waals surface area (Å²) in [6.07, 6.45) is 3.45. The number of nitrogens with one attached hydrogen (secondary N) is 1. The summed E-state index contributed by atoms with van der Waals surface area (Å²) >= 11 is 6.27. The molecule has 1 saturated heterocycles. The highest BCUT2D eigenvalue weighted by atomic mass is 35.5. The lowest BCUT2D eigenvalue weighted by Gasteiger charge is -2.36. The number of hydrogen-bond acceptors (Lipinski definition) is 5. The Morgan fingerprint density at radius 1 is 1.26 bits per heavy atom. The minimum atomic E-state index is -0.0749. The molecule has 2 aliphatic heterocycles. The van der Waals surface area contributed by atoms with E-state index < -0.39 is 0 Å². The third-order valence-electron chi connectivity index (χ3n) is 4.87. The van der Waals surface area contributed by atoms with Crippen LogP contribution in [0.15, 0.2) is 12.1 Å². The van der Waals surface area contributed by atoms with Crippen LogP contribution in [0.25, 0.3) is 0 Å². The van der Waals surface area contributed by atoms with Crippen molar-refractivity contribution in [3.8, 4) is 11.5 Å². The second-order valence-corrected chi connectivity index (χ2v) is 7.27. The molecule has 0 spiro atoms. The molecule has 1 aromatic carbocycles. The highest BCUT2D eigenvalue weighted by Gasteiger charge is 2.27. The Hall–Kier alpha value is -1.99. The summed E-state index contributed by atoms with van der Waals surface area (Å²) in [5, 5.41) is 3.34. The van der Waals surface area contributed by atoms with Gasteiger partial charge in [0.1, 0.15) is 13.2 Å². The molecule has 0 aromatic heterocycles. The zero-order valence-electron chi connectivity index (χ0n) is 15.3. The number of amides is 2. The van der Waals surface area contributed by atoms with Crippen LogP contribution < -0.4 is 20.5 Å². The van der Waals surface area contributed by atoms with Gasteiger partial charge in [-0.2, -0.15) is 0 Å². The smallest absolute Gasteiger partial charge is 0.227 e. The zero-order valence-corrected chi connectivity index (χ0v) is 16.1. The number of hydrogen-bond donors (Lipinski definition) is 2. The third kappa shape index (κ3) is 5.05. The first-order valence-electron chi connectivity index (χ1n) is 9.42. The van der Waals surface area contributed by atoms with Crippen molar-refractivity contribution >= 4 is 23.4 Å². The summed E-state index contributed by atoms with van der Waals surface area (Å²) < 4.78 is 11.1. The van der Waals surface area contributed by atoms with Gasteiger partial charge in [0, 0.05) is 32.1 Å². The quantitative estimate of drug-likeness (QED) is 0.761. The number of rotatable bonds is 6. The summed E-state index contributed by atoms with van der Waals surface area (Å²) in [7, 11) is 0. The molecular weight excluding hydrogens is 370 g/mol. The third-order valence-corrected chi connectivity index (χ3v) is 5.15. The Balaban J connectivity index is 1.64. The monoisotopic (exact) mass is 395 g/mol. The van der Waals surface area contributed by atoms with Gasteiger partial charge >= 0.3 is 0 Å². The predicted molar refractivity (Wildman–Crippen MR) is 102 cm³/mol. The van der Waals surface area contributed by atoms with E-state index in [0.717, 1.165) is 24.8 Å². The number of likely N-dealkylation sites (tertiary alicyclic amines) is 1. The molecule has 0 radical (unpaired) electrons. The van der Waals surface area contributed by atoms with Gasteiger partial charge in [0.25, 0.3) is 0 Å². The topological polar surface area (TPSA) is 93.9 Å². The fraction of sp³-hybridized carbons (Fsp3) is 0.579. The van der Waals surface area contributed by atoms with Crippen molar-refractivity contribution in [3.05, 3.63) is 22.7 Å². The number of carbonyl (C=O) groups is 2. The number of halogens is 1. The van der Waals surface area contributed by atoms with E-state index in [4.69, 9.17) is 26.8 Å². The molecule has 27 heavy (non-hydrogen) atoms. The molecule has 3 rings (SSSR count). The largest absolute Gasteiger partial charge is 0.486 e. The van der Waals surface area contributed by atoms with E-state index in [2.05, 4.69) is 5.32 Å². The fourth-order valence-electron chi connectivity index (χ4n) is 3.53. The van der Waals surface area contributed by atoms with Crippen molar-refractivity contribution in [1.82, 2.24) is 10.2 Å². The van der Waals surface area contributed by atoms with Crippen molar-refractivity contribution in [1.29, 1.82) is 0 Å². The number of benzene rings is 1. The first-order chi connectivity index (χ1) is 13.1. The number of piperidine rings is 1. The molecule has 7 nitrogen and oxygen atoms in total. The first-order valence-corrected chi connectivity index (χ1v) is 9.80. The number of fused-ring (bicyclic) bond motifs is 1. The van der Waals surface area contributed by atoms with E-state index >= 15 is 0 Å². The van der Waals surface area contributed by atoms with Crippen molar-refractivity contribution in [2.45, 2.75) is 38.1 Å². The number of ether oxygens (including phenoxy) is 2. The van der Waals surface area contributed by atoms with Crippen molar-refractivity contribution < 1.29 is 19.1 Å². The lowest BCUT2D eigenvalue weighted by Crippen LogP contribution is -2.50. The Labute approximate surface area is 164 Å². The van der Waals surface area contributed by atoms with E-state index in [-0.39, 0.29) is 24.3 Å². The van der Waals surface area contributed by atoms with Crippen LogP contribution in [0, 0.1) is 0 Å². The Bertz CT molecular complexity index is 698. The van der Waals surface area contributed by atoms with Crippen LogP contribution in [0.4, 0.5) is 0 Å². The highest BCUT2D eigenvalue weighted by molar-refractivity contribution is 6.32. The maximum atomic E-state index is 12.9. The standard InChI is InChI=1S/C19H26ClN3O4/c20-15-9-13(10-16-19(15)27-8-7-26-16)11-18(25)23-6-2-1-3-14(23)12-22-17(24)4-5-21/h9-10,14H,1-8,11-12,21H2,(H,22,24). The minimum absolute atomic E-state index is 0.0145. The van der Waals surface area contributed by atoms with Crippen molar-refractivity contribution in [3.63, 3.8) is 0 Å². The number of nitrogens with zero attached hydrogens (tertiary/aromatic N) is 1. The molecule has 0 aliphatic carbocycles. The predicted octanol–water partition coefficient (Wildman–Crippen LogP) is 1.50. The second kappa shape index (κ2) is 9.28. The number of nitrogens with two attached hydrogens (primary N) is 1. The molecule has 2 amide bonds. The van der Waals surface area contributed by atoms with E-state index in [9.17, 15) is 9.59 Å². The van der Waals surface area contributed by atoms with Gasteiger partial charge in [-0.05, 0) is 37.0 Å². The molecular formula is C19H26ClN3O4. The summed E-state index contributed by atoms with van der Waals surface area (Å²) in [6, 6.07) is 3.59. The molecule has 1 atom stereocenters. The summed E-state index contributed by atoms with van der Waals surface area (Å²) in [5.74, 6) is 1.08. The number of carbonyl (C=O) groups excluding carboxylic acids is 2. The SMILES string of the molecule is NCCC(=O)NCC1CCCCN1C(=O)Cc1cc(Cl)c2c(c1)OCCO2. The second-order valence-electron chi connectivity index (χ2n) is 6.86. The van der Waals surface area contributed by atoms with Crippen LogP contribution in [0.2, 0.25) is 5.02 Å². The Kier molecular flexibility index (Phi) is 6.79. The van der Waals surface area contributed by atoms with Crippen LogP contribution in [0.1, 0.15) is 31.2 Å². The summed E-state index contributed by atoms with van der Waals surface area (Å²) in [4.78, 5) is 26.5. The molecule has 148 valence electrons. The molecule has 3 N–H and O–H groups in total. The average molecular weight is 396 g/mol. The molecule has 0 saturated carbocycles. The Morgan fingerprint density at radius 3 is 2.89 bits per heavy atom. The minimum Gasteiger partial charge on any atom is -0.486 e. The first kappa shape index (κ1) is 19.8. The van der Waals surface area contributed by atoms with E-state index in [1.54, 1.807) is 6.07 Å². The van der Waals surface area contributed by atoms with Gasteiger partial charge < -0.3 is 25.4 Å². The fourth-order valence-corrected chi connectivity index (χ4v) is 3.82. The van der Waals surface area contributed by atoms with Gasteiger partial charge in [0.05, 0.1) is 11.4 Å². The summed E-state index contributed by atoms with van der Waals surface area (Å²) in [5.41, 5.74) is 6.20. The van der Waals surface area contributed by atoms with Crippen LogP contribution in [-0.4, -0.2) is 55.6 Å². The molecule has 1 aromatic rings. The van der Waals surface area contributed by atoms with E-state index in [0.29, 0.717) is 55.8 Å². The van der Waals surface area contributed by atoms with Crippen molar-refractivity contribution in [2.24, 2.45) is 5.73 Å². The highest BCUT2D eigenvalue weighted by Crippen LogP contribution is 2.38. The molecule has 2 heterocycles. The van der Waals surface area contributed by atoms with Crippen LogP contribution >= 0.6 is 11.6 Å². The van der Waals surface area contributed by atoms with Gasteiger partial charge in [-0.3, -0.25) is 9.59 Å². The molecule has 2 aliphatic rings. The average Bonchev–Trinajstić information content (AvgIpc) is 2.67.